The number of amides is 1. The molecule has 0 aromatic carbocycles. The van der Waals surface area contributed by atoms with Crippen molar-refractivity contribution in [2.75, 3.05) is 45.0 Å². The predicted molar refractivity (Wildman–Crippen MR) is 67.8 cm³/mol. The van der Waals surface area contributed by atoms with Crippen LogP contribution in [0.25, 0.3) is 0 Å². The lowest BCUT2D eigenvalue weighted by atomic mass is 10.2. The molecule has 0 aromatic rings. The Kier molecular flexibility index (Phi) is 4.93. The van der Waals surface area contributed by atoms with E-state index in [9.17, 15) is 4.79 Å². The van der Waals surface area contributed by atoms with E-state index in [-0.39, 0.29) is 11.2 Å². The molecule has 1 amide bonds. The van der Waals surface area contributed by atoms with E-state index in [2.05, 4.69) is 15.5 Å². The van der Waals surface area contributed by atoms with Crippen molar-refractivity contribution in [1.82, 2.24) is 15.5 Å². The molecule has 0 spiro atoms. The van der Waals surface area contributed by atoms with E-state index < -0.39 is 0 Å². The first-order chi connectivity index (χ1) is 7.86. The largest absolute Gasteiger partial charge is 0.354 e. The minimum Gasteiger partial charge on any atom is -0.354 e. The molecule has 2 heterocycles. The van der Waals surface area contributed by atoms with Crippen LogP contribution in [0.15, 0.2) is 0 Å². The molecule has 2 N–H and O–H groups in total. The number of carbonyl (C=O) groups is 1. The molecule has 2 aliphatic heterocycles. The van der Waals surface area contributed by atoms with Crippen molar-refractivity contribution in [2.45, 2.75) is 18.1 Å². The Labute approximate surface area is 102 Å². The number of nitrogens with zero attached hydrogens (tertiary/aromatic N) is 1. The lowest BCUT2D eigenvalue weighted by Crippen LogP contribution is -2.46. The van der Waals surface area contributed by atoms with Gasteiger partial charge in [0.25, 0.3) is 0 Å². The van der Waals surface area contributed by atoms with Crippen LogP contribution in [-0.4, -0.2) is 61.1 Å². The summed E-state index contributed by atoms with van der Waals surface area (Å²) < 4.78 is 0. The van der Waals surface area contributed by atoms with Gasteiger partial charge in [0.05, 0.1) is 5.25 Å². The van der Waals surface area contributed by atoms with Gasteiger partial charge in [-0.15, -0.1) is 11.8 Å². The molecule has 0 bridgehead atoms. The van der Waals surface area contributed by atoms with Crippen LogP contribution < -0.4 is 10.6 Å². The van der Waals surface area contributed by atoms with Gasteiger partial charge in [-0.3, -0.25) is 9.69 Å². The lowest BCUT2D eigenvalue weighted by molar-refractivity contribution is -0.120. The SMILES string of the molecule is O=C(NCCN1CCNCC1)C1CCCS1. The molecule has 0 aliphatic carbocycles. The molecule has 1 unspecified atom stereocenters. The van der Waals surface area contributed by atoms with Gasteiger partial charge in [0.15, 0.2) is 0 Å². The maximum Gasteiger partial charge on any atom is 0.233 e. The van der Waals surface area contributed by atoms with Crippen LogP contribution in [0, 0.1) is 0 Å². The van der Waals surface area contributed by atoms with E-state index in [0.29, 0.717) is 0 Å². The number of carbonyl (C=O) groups excluding carboxylic acids is 1. The van der Waals surface area contributed by atoms with Crippen LogP contribution in [0.4, 0.5) is 0 Å². The topological polar surface area (TPSA) is 44.4 Å². The highest BCUT2D eigenvalue weighted by Crippen LogP contribution is 2.25. The third kappa shape index (κ3) is 3.64. The highest BCUT2D eigenvalue weighted by Gasteiger charge is 2.22. The third-order valence-electron chi connectivity index (χ3n) is 3.16. The van der Waals surface area contributed by atoms with Crippen LogP contribution in [0.1, 0.15) is 12.8 Å². The Balaban J connectivity index is 1.57. The van der Waals surface area contributed by atoms with Crippen LogP contribution in [0.3, 0.4) is 0 Å². The molecule has 92 valence electrons. The predicted octanol–water partition coefficient (Wildman–Crippen LogP) is -0.0966. The van der Waals surface area contributed by atoms with Gasteiger partial charge in [-0.1, -0.05) is 0 Å². The number of piperazine rings is 1. The fourth-order valence-electron chi connectivity index (χ4n) is 2.17. The summed E-state index contributed by atoms with van der Waals surface area (Å²) in [5, 5.41) is 6.60. The molecule has 4 nitrogen and oxygen atoms in total. The van der Waals surface area contributed by atoms with E-state index >= 15 is 0 Å². The monoisotopic (exact) mass is 243 g/mol. The molecule has 5 heteroatoms. The fraction of sp³-hybridized carbons (Fsp3) is 0.909. The summed E-state index contributed by atoms with van der Waals surface area (Å²) >= 11 is 1.80. The minimum atomic E-state index is 0.225. The summed E-state index contributed by atoms with van der Waals surface area (Å²) in [5.74, 6) is 1.40. The molecule has 2 aliphatic rings. The number of rotatable bonds is 4. The Bertz CT molecular complexity index is 225. The normalized spacial score (nSPS) is 26.9. The zero-order valence-electron chi connectivity index (χ0n) is 9.71. The van der Waals surface area contributed by atoms with Gasteiger partial charge in [-0.25, -0.2) is 0 Å². The first-order valence-electron chi connectivity index (χ1n) is 6.18. The van der Waals surface area contributed by atoms with Gasteiger partial charge in [0.1, 0.15) is 0 Å². The van der Waals surface area contributed by atoms with E-state index in [0.717, 1.165) is 51.4 Å². The van der Waals surface area contributed by atoms with Crippen molar-refractivity contribution in [2.24, 2.45) is 0 Å². The molecule has 2 fully saturated rings. The second kappa shape index (κ2) is 6.47. The molecule has 0 aromatic heterocycles. The summed E-state index contributed by atoms with van der Waals surface area (Å²) in [5.41, 5.74) is 0. The lowest BCUT2D eigenvalue weighted by Gasteiger charge is -2.27. The molecule has 1 atom stereocenters. The summed E-state index contributed by atoms with van der Waals surface area (Å²) in [6.45, 7) is 6.15. The van der Waals surface area contributed by atoms with E-state index in [4.69, 9.17) is 0 Å². The first-order valence-corrected chi connectivity index (χ1v) is 7.23. The number of hydrogen-bond acceptors (Lipinski definition) is 4. The van der Waals surface area contributed by atoms with Crippen LogP contribution in [0.5, 0.6) is 0 Å². The number of hydrogen-bond donors (Lipinski definition) is 2. The maximum atomic E-state index is 11.7. The number of nitrogens with one attached hydrogen (secondary N) is 2. The second-order valence-electron chi connectivity index (χ2n) is 4.38. The Morgan fingerprint density at radius 1 is 1.44 bits per heavy atom. The fourth-order valence-corrected chi connectivity index (χ4v) is 3.36. The molecule has 16 heavy (non-hydrogen) atoms. The molecular weight excluding hydrogens is 222 g/mol. The molecule has 0 saturated carbocycles. The third-order valence-corrected chi connectivity index (χ3v) is 4.54. The zero-order valence-corrected chi connectivity index (χ0v) is 10.5. The van der Waals surface area contributed by atoms with Gasteiger partial charge < -0.3 is 10.6 Å². The van der Waals surface area contributed by atoms with Crippen molar-refractivity contribution < 1.29 is 4.79 Å². The first kappa shape index (κ1) is 12.2. The van der Waals surface area contributed by atoms with Crippen molar-refractivity contribution in [3.05, 3.63) is 0 Å². The van der Waals surface area contributed by atoms with Crippen molar-refractivity contribution in [3.63, 3.8) is 0 Å². The standard InChI is InChI=1S/C11H21N3OS/c15-11(10-2-1-9-16-10)13-5-8-14-6-3-12-4-7-14/h10,12H,1-9H2,(H,13,15). The molecular formula is C11H21N3OS. The van der Waals surface area contributed by atoms with Crippen LogP contribution in [0.2, 0.25) is 0 Å². The van der Waals surface area contributed by atoms with Gasteiger partial charge >= 0.3 is 0 Å². The van der Waals surface area contributed by atoms with Gasteiger partial charge in [0, 0.05) is 39.3 Å². The average Bonchev–Trinajstić information content (AvgIpc) is 2.84. The zero-order chi connectivity index (χ0) is 11.2. The van der Waals surface area contributed by atoms with E-state index in [1.807, 2.05) is 0 Å². The van der Waals surface area contributed by atoms with Crippen molar-refractivity contribution in [3.8, 4) is 0 Å². The second-order valence-corrected chi connectivity index (χ2v) is 5.69. The van der Waals surface area contributed by atoms with Crippen LogP contribution >= 0.6 is 11.8 Å². The molecule has 2 rings (SSSR count). The van der Waals surface area contributed by atoms with Crippen molar-refractivity contribution in [1.29, 1.82) is 0 Å². The molecule has 2 saturated heterocycles. The highest BCUT2D eigenvalue weighted by molar-refractivity contribution is 8.00. The smallest absolute Gasteiger partial charge is 0.233 e. The van der Waals surface area contributed by atoms with Crippen molar-refractivity contribution >= 4 is 17.7 Å². The molecule has 0 radical (unpaired) electrons. The van der Waals surface area contributed by atoms with Crippen LogP contribution in [-0.2, 0) is 4.79 Å². The van der Waals surface area contributed by atoms with E-state index in [1.165, 1.54) is 6.42 Å². The van der Waals surface area contributed by atoms with Gasteiger partial charge in [-0.05, 0) is 18.6 Å². The maximum absolute atomic E-state index is 11.7. The van der Waals surface area contributed by atoms with Gasteiger partial charge in [0.2, 0.25) is 5.91 Å². The Hall–Kier alpha value is -0.260. The Morgan fingerprint density at radius 3 is 2.94 bits per heavy atom. The van der Waals surface area contributed by atoms with E-state index in [1.54, 1.807) is 11.8 Å². The summed E-state index contributed by atoms with van der Waals surface area (Å²) in [4.78, 5) is 14.1. The summed E-state index contributed by atoms with van der Waals surface area (Å²) in [7, 11) is 0. The number of thioether (sulfide) groups is 1. The summed E-state index contributed by atoms with van der Waals surface area (Å²) in [6.07, 6.45) is 2.25. The quantitative estimate of drug-likeness (QED) is 0.724. The highest BCUT2D eigenvalue weighted by atomic mass is 32.2. The van der Waals surface area contributed by atoms with Gasteiger partial charge in [-0.2, -0.15) is 0 Å². The average molecular weight is 243 g/mol. The summed E-state index contributed by atoms with van der Waals surface area (Å²) in [6, 6.07) is 0. The minimum absolute atomic E-state index is 0.225. The Morgan fingerprint density at radius 2 is 2.25 bits per heavy atom.